The lowest BCUT2D eigenvalue weighted by molar-refractivity contribution is -0.118. The maximum atomic E-state index is 12.1. The molecule has 1 saturated heterocycles. The number of carbonyl (C=O) groups is 1. The lowest BCUT2D eigenvalue weighted by Crippen LogP contribution is -2.26. The van der Waals surface area contributed by atoms with Gasteiger partial charge in [0.15, 0.2) is 0 Å². The minimum absolute atomic E-state index is 0.0234. The van der Waals surface area contributed by atoms with Crippen LogP contribution in [0.5, 0.6) is 0 Å². The Morgan fingerprint density at radius 1 is 1.07 bits per heavy atom. The Hall–Kier alpha value is -2.52. The third-order valence-corrected chi connectivity index (χ3v) is 5.82. The zero-order valence-electron chi connectivity index (χ0n) is 16.1. The fraction of sp³-hybridized carbons (Fsp3) is 0.409. The number of benzene rings is 1. The van der Waals surface area contributed by atoms with E-state index in [4.69, 9.17) is 5.26 Å². The van der Waals surface area contributed by atoms with Crippen molar-refractivity contribution >= 4 is 23.5 Å². The first-order valence-corrected chi connectivity index (χ1v) is 10.9. The monoisotopic (exact) mass is 394 g/mol. The number of pyridine rings is 1. The fourth-order valence-electron chi connectivity index (χ4n) is 3.20. The van der Waals surface area contributed by atoms with Gasteiger partial charge in [0.2, 0.25) is 5.91 Å². The Labute approximate surface area is 171 Å². The highest BCUT2D eigenvalue weighted by atomic mass is 32.2. The molecule has 0 spiro atoms. The van der Waals surface area contributed by atoms with Crippen molar-refractivity contribution in [3.8, 4) is 6.07 Å². The molecule has 146 valence electrons. The number of rotatable bonds is 7. The van der Waals surface area contributed by atoms with Crippen LogP contribution < -0.4 is 10.2 Å². The summed E-state index contributed by atoms with van der Waals surface area (Å²) < 4.78 is 0. The normalized spacial score (nSPS) is 14.2. The van der Waals surface area contributed by atoms with Gasteiger partial charge in [-0.15, -0.1) is 11.8 Å². The van der Waals surface area contributed by atoms with Crippen LogP contribution in [0.25, 0.3) is 0 Å². The van der Waals surface area contributed by atoms with Gasteiger partial charge >= 0.3 is 0 Å². The molecule has 1 aliphatic heterocycles. The molecule has 0 aliphatic carbocycles. The summed E-state index contributed by atoms with van der Waals surface area (Å²) in [7, 11) is 0. The number of amides is 1. The minimum Gasteiger partial charge on any atom is -0.357 e. The van der Waals surface area contributed by atoms with Crippen LogP contribution in [0.2, 0.25) is 0 Å². The summed E-state index contributed by atoms with van der Waals surface area (Å²) in [4.78, 5) is 19.0. The average molecular weight is 395 g/mol. The van der Waals surface area contributed by atoms with E-state index in [1.165, 1.54) is 25.7 Å². The van der Waals surface area contributed by atoms with Crippen LogP contribution in [0.15, 0.2) is 42.6 Å². The van der Waals surface area contributed by atoms with Crippen molar-refractivity contribution in [1.29, 1.82) is 5.26 Å². The number of hydrogen-bond acceptors (Lipinski definition) is 5. The third-order valence-electron chi connectivity index (χ3n) is 4.81. The number of nitriles is 1. The van der Waals surface area contributed by atoms with E-state index in [-0.39, 0.29) is 5.91 Å². The van der Waals surface area contributed by atoms with Crippen molar-refractivity contribution < 1.29 is 4.79 Å². The molecular formula is C22H26N4OS. The number of aromatic nitrogens is 1. The predicted octanol–water partition coefficient (Wildman–Crippen LogP) is 3.88. The van der Waals surface area contributed by atoms with Crippen molar-refractivity contribution in [2.24, 2.45) is 0 Å². The summed E-state index contributed by atoms with van der Waals surface area (Å²) in [6.07, 6.45) is 6.96. The predicted molar refractivity (Wildman–Crippen MR) is 114 cm³/mol. The Morgan fingerprint density at radius 3 is 2.43 bits per heavy atom. The Kier molecular flexibility index (Phi) is 7.74. The molecule has 2 aromatic rings. The van der Waals surface area contributed by atoms with Crippen molar-refractivity contribution in [2.45, 2.75) is 38.0 Å². The molecular weight excluding hydrogens is 368 g/mol. The van der Waals surface area contributed by atoms with Gasteiger partial charge in [-0.3, -0.25) is 4.79 Å². The number of nitrogens with zero attached hydrogens (tertiary/aromatic N) is 3. The molecule has 5 nitrogen and oxygen atoms in total. The van der Waals surface area contributed by atoms with Crippen LogP contribution >= 0.6 is 11.8 Å². The van der Waals surface area contributed by atoms with Crippen LogP contribution in [-0.2, 0) is 17.1 Å². The number of thioether (sulfide) groups is 1. The van der Waals surface area contributed by atoms with Gasteiger partial charge in [-0.05, 0) is 42.2 Å². The van der Waals surface area contributed by atoms with Crippen molar-refractivity contribution in [2.75, 3.05) is 23.7 Å². The number of nitrogens with one attached hydrogen (secondary N) is 1. The van der Waals surface area contributed by atoms with E-state index in [1.807, 2.05) is 18.3 Å². The minimum atomic E-state index is 0.0234. The maximum Gasteiger partial charge on any atom is 0.230 e. The molecule has 0 saturated carbocycles. The largest absolute Gasteiger partial charge is 0.357 e. The van der Waals surface area contributed by atoms with Crippen LogP contribution in [0, 0.1) is 11.3 Å². The molecule has 1 amide bonds. The van der Waals surface area contributed by atoms with E-state index >= 15 is 0 Å². The second-order valence-corrected chi connectivity index (χ2v) is 7.99. The van der Waals surface area contributed by atoms with Gasteiger partial charge in [-0.1, -0.05) is 31.0 Å². The zero-order valence-corrected chi connectivity index (χ0v) is 16.9. The van der Waals surface area contributed by atoms with E-state index < -0.39 is 0 Å². The smallest absolute Gasteiger partial charge is 0.230 e. The molecule has 1 fully saturated rings. The highest BCUT2D eigenvalue weighted by Crippen LogP contribution is 2.17. The molecule has 1 aromatic carbocycles. The van der Waals surface area contributed by atoms with Gasteiger partial charge in [0, 0.05) is 31.6 Å². The summed E-state index contributed by atoms with van der Waals surface area (Å²) in [6.45, 7) is 2.67. The van der Waals surface area contributed by atoms with Gasteiger partial charge < -0.3 is 10.2 Å². The highest BCUT2D eigenvalue weighted by Gasteiger charge is 2.11. The molecule has 6 heteroatoms. The topological polar surface area (TPSA) is 69.0 Å². The second-order valence-electron chi connectivity index (χ2n) is 7.00. The molecule has 1 aliphatic rings. The maximum absolute atomic E-state index is 12.1. The summed E-state index contributed by atoms with van der Waals surface area (Å²) in [5, 5.41) is 11.8. The molecule has 0 radical (unpaired) electrons. The lowest BCUT2D eigenvalue weighted by atomic mass is 10.2. The first-order valence-electron chi connectivity index (χ1n) is 9.78. The van der Waals surface area contributed by atoms with E-state index in [2.05, 4.69) is 33.4 Å². The number of hydrogen-bond donors (Lipinski definition) is 1. The van der Waals surface area contributed by atoms with Crippen molar-refractivity contribution in [1.82, 2.24) is 10.3 Å². The Morgan fingerprint density at radius 2 is 1.79 bits per heavy atom. The Balaban J connectivity index is 1.38. The van der Waals surface area contributed by atoms with Gasteiger partial charge in [0.05, 0.1) is 17.4 Å². The van der Waals surface area contributed by atoms with E-state index in [9.17, 15) is 4.79 Å². The second kappa shape index (κ2) is 10.7. The molecule has 3 rings (SSSR count). The standard InChI is InChI=1S/C22H26N4OS/c23-13-18-5-7-19(8-6-18)16-28-17-22(27)25-15-20-9-10-21(24-14-20)26-11-3-1-2-4-12-26/h5-10,14H,1-4,11-12,15-17H2,(H,25,27). The first kappa shape index (κ1) is 20.2. The van der Waals surface area contributed by atoms with Crippen LogP contribution in [0.1, 0.15) is 42.4 Å². The van der Waals surface area contributed by atoms with E-state index in [1.54, 1.807) is 23.9 Å². The van der Waals surface area contributed by atoms with Gasteiger partial charge in [-0.25, -0.2) is 4.98 Å². The SMILES string of the molecule is N#Cc1ccc(CSCC(=O)NCc2ccc(N3CCCCCC3)nc2)cc1. The fourth-order valence-corrected chi connectivity index (χ4v) is 4.01. The van der Waals surface area contributed by atoms with Gasteiger partial charge in [0.1, 0.15) is 5.82 Å². The van der Waals surface area contributed by atoms with Crippen LogP contribution in [-0.4, -0.2) is 29.7 Å². The molecule has 1 aromatic heterocycles. The zero-order chi connectivity index (χ0) is 19.6. The summed E-state index contributed by atoms with van der Waals surface area (Å²) in [6, 6.07) is 13.7. The Bertz CT molecular complexity index is 791. The number of carbonyl (C=O) groups excluding carboxylic acids is 1. The summed E-state index contributed by atoms with van der Waals surface area (Å²) in [5.41, 5.74) is 2.79. The quantitative estimate of drug-likeness (QED) is 0.772. The molecule has 0 atom stereocenters. The first-order chi connectivity index (χ1) is 13.7. The lowest BCUT2D eigenvalue weighted by Gasteiger charge is -2.21. The van der Waals surface area contributed by atoms with Gasteiger partial charge in [0.25, 0.3) is 0 Å². The third kappa shape index (κ3) is 6.28. The molecule has 2 heterocycles. The summed E-state index contributed by atoms with van der Waals surface area (Å²) >= 11 is 1.57. The molecule has 1 N–H and O–H groups in total. The van der Waals surface area contributed by atoms with Crippen molar-refractivity contribution in [3.63, 3.8) is 0 Å². The molecule has 0 bridgehead atoms. The van der Waals surface area contributed by atoms with Crippen molar-refractivity contribution in [3.05, 3.63) is 59.3 Å². The van der Waals surface area contributed by atoms with Gasteiger partial charge in [-0.2, -0.15) is 5.26 Å². The number of anilines is 1. The molecule has 28 heavy (non-hydrogen) atoms. The van der Waals surface area contributed by atoms with E-state index in [0.717, 1.165) is 35.8 Å². The average Bonchev–Trinajstić information content (AvgIpc) is 3.03. The summed E-state index contributed by atoms with van der Waals surface area (Å²) in [5.74, 6) is 2.23. The van der Waals surface area contributed by atoms with E-state index in [0.29, 0.717) is 17.9 Å². The van der Waals surface area contributed by atoms with Crippen LogP contribution in [0.3, 0.4) is 0 Å². The van der Waals surface area contributed by atoms with Crippen LogP contribution in [0.4, 0.5) is 5.82 Å². The highest BCUT2D eigenvalue weighted by molar-refractivity contribution is 7.99. The molecule has 0 unspecified atom stereocenters.